The number of hydrogen-bond acceptors (Lipinski definition) is 0. The van der Waals surface area contributed by atoms with Crippen LogP contribution in [0, 0.1) is 11.8 Å². The minimum atomic E-state index is 0.152. The van der Waals surface area contributed by atoms with E-state index >= 15 is 0 Å². The molecule has 7 rings (SSSR count). The van der Waals surface area contributed by atoms with E-state index in [2.05, 4.69) is 140 Å². The highest BCUT2D eigenvalue weighted by atomic mass is 14.4. The highest BCUT2D eigenvalue weighted by molar-refractivity contribution is 5.93. The minimum absolute atomic E-state index is 0.152. The van der Waals surface area contributed by atoms with Crippen molar-refractivity contribution in [2.24, 2.45) is 11.8 Å². The molecule has 0 N–H and O–H groups in total. The third kappa shape index (κ3) is 7.17. The second kappa shape index (κ2) is 15.0. The SMILES string of the molecule is CCCCC1=C(C2CCCCC2C2=C(CCCC)Cc3cccc(-c4ccc(C(C)(C)C)cc4)c32)c2c(cccc2-c2ccc(C(C)(C)C)cc2)C1. The van der Waals surface area contributed by atoms with Gasteiger partial charge in [0.25, 0.3) is 0 Å². The molecule has 0 saturated heterocycles. The van der Waals surface area contributed by atoms with Crippen LogP contribution in [0.25, 0.3) is 33.4 Å². The van der Waals surface area contributed by atoms with Gasteiger partial charge in [-0.2, -0.15) is 0 Å². The molecule has 0 heteroatoms. The number of hydrogen-bond donors (Lipinski definition) is 0. The topological polar surface area (TPSA) is 0 Å². The zero-order valence-corrected chi connectivity index (χ0v) is 33.7. The van der Waals surface area contributed by atoms with E-state index in [-0.39, 0.29) is 10.8 Å². The van der Waals surface area contributed by atoms with Gasteiger partial charge in [0.05, 0.1) is 0 Å². The van der Waals surface area contributed by atoms with Crippen LogP contribution in [0.3, 0.4) is 0 Å². The molecule has 0 amide bonds. The molecule has 4 aromatic carbocycles. The Morgan fingerprint density at radius 2 is 0.885 bits per heavy atom. The van der Waals surface area contributed by atoms with Gasteiger partial charge in [0.1, 0.15) is 0 Å². The van der Waals surface area contributed by atoms with Gasteiger partial charge in [-0.1, -0.05) is 177 Å². The second-order valence-corrected chi connectivity index (χ2v) is 18.4. The lowest BCUT2D eigenvalue weighted by Gasteiger charge is -2.37. The zero-order valence-electron chi connectivity index (χ0n) is 33.7. The van der Waals surface area contributed by atoms with Crippen LogP contribution in [0.15, 0.2) is 96.1 Å². The maximum atomic E-state index is 2.45. The molecule has 0 nitrogen and oxygen atoms in total. The molecule has 0 heterocycles. The Morgan fingerprint density at radius 1 is 0.500 bits per heavy atom. The summed E-state index contributed by atoms with van der Waals surface area (Å²) in [5, 5.41) is 0. The van der Waals surface area contributed by atoms with E-state index in [0.717, 1.165) is 12.8 Å². The van der Waals surface area contributed by atoms with Gasteiger partial charge in [-0.25, -0.2) is 0 Å². The molecule has 0 radical (unpaired) electrons. The molecule has 0 aliphatic heterocycles. The smallest absolute Gasteiger partial charge is 0.00547 e. The quantitative estimate of drug-likeness (QED) is 0.156. The average Bonchev–Trinajstić information content (AvgIpc) is 3.70. The summed E-state index contributed by atoms with van der Waals surface area (Å²) in [5.74, 6) is 1.12. The molecule has 3 aliphatic rings. The minimum Gasteiger partial charge on any atom is -0.0654 e. The van der Waals surface area contributed by atoms with Crippen LogP contribution < -0.4 is 0 Å². The van der Waals surface area contributed by atoms with Crippen molar-refractivity contribution >= 4 is 11.1 Å². The third-order valence-electron chi connectivity index (χ3n) is 12.7. The van der Waals surface area contributed by atoms with Crippen molar-refractivity contribution in [1.29, 1.82) is 0 Å². The average molecular weight is 689 g/mol. The number of fused-ring (bicyclic) bond motifs is 2. The first kappa shape index (κ1) is 36.7. The summed E-state index contributed by atoms with van der Waals surface area (Å²) < 4.78 is 0. The Morgan fingerprint density at radius 3 is 1.23 bits per heavy atom. The Balaban J connectivity index is 1.37. The van der Waals surface area contributed by atoms with Crippen LogP contribution in [-0.2, 0) is 23.7 Å². The Hall–Kier alpha value is -3.64. The predicted octanol–water partition coefficient (Wildman–Crippen LogP) is 15.1. The fourth-order valence-electron chi connectivity index (χ4n) is 9.86. The van der Waals surface area contributed by atoms with E-state index in [1.165, 1.54) is 97.6 Å². The standard InChI is InChI=1S/C52H64/c1-9-11-17-37-33-39-19-15-23-43(35-25-29-41(30-26-35)51(3,4)5)47(39)49(37)45-21-13-14-22-46(45)50-38(18-12-10-2)34-40-20-16-24-44(48(40)50)36-27-31-42(32-28-36)52(6,7)8/h15-16,19-20,23-32,45-46H,9-14,17-18,21-22,33-34H2,1-8H3. The van der Waals surface area contributed by atoms with E-state index in [1.54, 1.807) is 44.5 Å². The van der Waals surface area contributed by atoms with Gasteiger partial charge in [0.2, 0.25) is 0 Å². The van der Waals surface area contributed by atoms with Crippen LogP contribution in [0.1, 0.15) is 153 Å². The molecule has 1 saturated carbocycles. The lowest BCUT2D eigenvalue weighted by atomic mass is 9.67. The van der Waals surface area contributed by atoms with Crippen molar-refractivity contribution in [3.8, 4) is 22.3 Å². The lowest BCUT2D eigenvalue weighted by molar-refractivity contribution is 0.355. The summed E-state index contributed by atoms with van der Waals surface area (Å²) in [7, 11) is 0. The molecule has 2 unspecified atom stereocenters. The molecule has 52 heavy (non-hydrogen) atoms. The molecule has 2 atom stereocenters. The number of unbranched alkanes of at least 4 members (excludes halogenated alkanes) is 2. The van der Waals surface area contributed by atoms with Gasteiger partial charge in [0, 0.05) is 0 Å². The molecule has 0 aromatic heterocycles. The summed E-state index contributed by atoms with van der Waals surface area (Å²) in [6.45, 7) is 18.7. The highest BCUT2D eigenvalue weighted by Gasteiger charge is 2.40. The summed E-state index contributed by atoms with van der Waals surface area (Å²) in [5.41, 5.74) is 22.1. The maximum Gasteiger partial charge on any atom is -0.00547 e. The normalized spacial score (nSPS) is 19.0. The molecule has 272 valence electrons. The van der Waals surface area contributed by atoms with Crippen molar-refractivity contribution in [1.82, 2.24) is 0 Å². The van der Waals surface area contributed by atoms with E-state index in [9.17, 15) is 0 Å². The zero-order chi connectivity index (χ0) is 36.6. The van der Waals surface area contributed by atoms with Crippen molar-refractivity contribution in [3.05, 3.63) is 129 Å². The summed E-state index contributed by atoms with van der Waals surface area (Å²) in [4.78, 5) is 0. The predicted molar refractivity (Wildman–Crippen MR) is 227 cm³/mol. The fraction of sp³-hybridized carbons (Fsp3) is 0.462. The summed E-state index contributed by atoms with van der Waals surface area (Å²) >= 11 is 0. The van der Waals surface area contributed by atoms with Crippen LogP contribution >= 0.6 is 0 Å². The number of benzene rings is 4. The van der Waals surface area contributed by atoms with Gasteiger partial charge in [0.15, 0.2) is 0 Å². The van der Waals surface area contributed by atoms with E-state index in [1.807, 2.05) is 0 Å². The van der Waals surface area contributed by atoms with Gasteiger partial charge in [-0.05, 0) is 141 Å². The molecular formula is C52H64. The van der Waals surface area contributed by atoms with Gasteiger partial charge < -0.3 is 0 Å². The second-order valence-electron chi connectivity index (χ2n) is 18.4. The maximum absolute atomic E-state index is 2.45. The van der Waals surface area contributed by atoms with E-state index in [4.69, 9.17) is 0 Å². The largest absolute Gasteiger partial charge is 0.0654 e. The molecule has 3 aliphatic carbocycles. The summed E-state index contributed by atoms with van der Waals surface area (Å²) in [6.07, 6.45) is 15.1. The molecular weight excluding hydrogens is 625 g/mol. The van der Waals surface area contributed by atoms with Crippen LogP contribution in [-0.4, -0.2) is 0 Å². The monoisotopic (exact) mass is 689 g/mol. The van der Waals surface area contributed by atoms with E-state index < -0.39 is 0 Å². The van der Waals surface area contributed by atoms with Gasteiger partial charge in [-0.3, -0.25) is 0 Å². The van der Waals surface area contributed by atoms with Crippen LogP contribution in [0.2, 0.25) is 0 Å². The van der Waals surface area contributed by atoms with Crippen LogP contribution in [0.4, 0.5) is 0 Å². The molecule has 4 aromatic rings. The van der Waals surface area contributed by atoms with Crippen molar-refractivity contribution in [2.45, 2.75) is 143 Å². The van der Waals surface area contributed by atoms with Gasteiger partial charge >= 0.3 is 0 Å². The van der Waals surface area contributed by atoms with E-state index in [0.29, 0.717) is 11.8 Å². The third-order valence-corrected chi connectivity index (χ3v) is 12.7. The first-order valence-electron chi connectivity index (χ1n) is 20.9. The summed E-state index contributed by atoms with van der Waals surface area (Å²) in [6, 6.07) is 33.6. The number of allylic oxidation sites excluding steroid dienone is 4. The molecule has 0 spiro atoms. The highest BCUT2D eigenvalue weighted by Crippen LogP contribution is 2.56. The van der Waals surface area contributed by atoms with Crippen LogP contribution in [0.5, 0.6) is 0 Å². The first-order valence-corrected chi connectivity index (χ1v) is 20.9. The Kier molecular flexibility index (Phi) is 10.6. The van der Waals surface area contributed by atoms with Crippen molar-refractivity contribution in [3.63, 3.8) is 0 Å². The number of rotatable bonds is 10. The lowest BCUT2D eigenvalue weighted by Crippen LogP contribution is -2.23. The first-order chi connectivity index (χ1) is 25.0. The van der Waals surface area contributed by atoms with Crippen molar-refractivity contribution < 1.29 is 0 Å². The Labute approximate surface area is 316 Å². The molecule has 0 bridgehead atoms. The molecule has 1 fully saturated rings. The Bertz CT molecular complexity index is 1800. The fourth-order valence-corrected chi connectivity index (χ4v) is 9.86. The van der Waals surface area contributed by atoms with Crippen molar-refractivity contribution in [2.75, 3.05) is 0 Å². The van der Waals surface area contributed by atoms with Gasteiger partial charge in [-0.15, -0.1) is 0 Å².